The molecule has 0 aliphatic carbocycles. The van der Waals surface area contributed by atoms with E-state index in [2.05, 4.69) is 40.8 Å². The minimum absolute atomic E-state index is 0.293. The van der Waals surface area contributed by atoms with Crippen LogP contribution in [0.3, 0.4) is 0 Å². The fourth-order valence-electron chi connectivity index (χ4n) is 5.77. The molecule has 9 nitrogen and oxygen atoms in total. The molecule has 1 atom stereocenters. The SMILES string of the molecule is CCN1c2cc(C)c(C)cc2N(C)C2=NC(=O)N(C)C(=O)C21N1CCc2cc(OC)c(OC)cc2C1. The fraction of sp³-hybridized carbons (Fsp3) is 0.444. The van der Waals surface area contributed by atoms with Crippen molar-refractivity contribution in [3.05, 3.63) is 46.5 Å². The lowest BCUT2D eigenvalue weighted by atomic mass is 9.89. The molecular weight excluding hydrogens is 458 g/mol. The summed E-state index contributed by atoms with van der Waals surface area (Å²) >= 11 is 0. The number of anilines is 2. The molecule has 0 fully saturated rings. The number of benzene rings is 2. The van der Waals surface area contributed by atoms with Gasteiger partial charge in [0.25, 0.3) is 5.91 Å². The molecule has 0 saturated carbocycles. The molecule has 3 aliphatic heterocycles. The number of rotatable bonds is 4. The number of amides is 3. The van der Waals surface area contributed by atoms with Crippen LogP contribution in [0.5, 0.6) is 11.5 Å². The number of hydrogen-bond donors (Lipinski definition) is 0. The van der Waals surface area contributed by atoms with Gasteiger partial charge >= 0.3 is 6.03 Å². The number of carbonyl (C=O) groups is 2. The number of likely N-dealkylation sites (N-methyl/N-ethyl adjacent to an activating group) is 3. The van der Waals surface area contributed by atoms with Gasteiger partial charge in [-0.3, -0.25) is 14.6 Å². The van der Waals surface area contributed by atoms with Gasteiger partial charge in [0.1, 0.15) is 0 Å². The van der Waals surface area contributed by atoms with Crippen LogP contribution in [0.15, 0.2) is 29.3 Å². The zero-order valence-corrected chi connectivity index (χ0v) is 22.0. The molecule has 1 unspecified atom stereocenters. The molecule has 9 heteroatoms. The summed E-state index contributed by atoms with van der Waals surface area (Å²) in [7, 11) is 6.66. The third-order valence-corrected chi connectivity index (χ3v) is 7.85. The van der Waals surface area contributed by atoms with Gasteiger partial charge < -0.3 is 19.3 Å². The number of methoxy groups -OCH3 is 2. The van der Waals surface area contributed by atoms with Gasteiger partial charge in [-0.2, -0.15) is 4.99 Å². The largest absolute Gasteiger partial charge is 0.493 e. The Labute approximate surface area is 211 Å². The predicted octanol–water partition coefficient (Wildman–Crippen LogP) is 3.34. The monoisotopic (exact) mass is 491 g/mol. The Morgan fingerprint density at radius 3 is 2.14 bits per heavy atom. The number of nitrogens with zero attached hydrogens (tertiary/aromatic N) is 5. The van der Waals surface area contributed by atoms with E-state index in [1.54, 1.807) is 14.2 Å². The maximum Gasteiger partial charge on any atom is 0.351 e. The Hall–Kier alpha value is -3.59. The van der Waals surface area contributed by atoms with Crippen LogP contribution in [0, 0.1) is 13.8 Å². The molecular formula is C27H33N5O4. The smallest absolute Gasteiger partial charge is 0.351 e. The van der Waals surface area contributed by atoms with E-state index in [1.165, 1.54) is 7.05 Å². The first-order chi connectivity index (χ1) is 17.2. The third-order valence-electron chi connectivity index (χ3n) is 7.85. The molecule has 190 valence electrons. The number of carbonyl (C=O) groups excluding carboxylic acids is 2. The molecule has 3 aliphatic rings. The normalized spacial score (nSPS) is 21.6. The lowest BCUT2D eigenvalue weighted by Crippen LogP contribution is -2.79. The molecule has 5 rings (SSSR count). The van der Waals surface area contributed by atoms with E-state index in [1.807, 2.05) is 31.0 Å². The van der Waals surface area contributed by atoms with Gasteiger partial charge in [0.05, 0.1) is 25.6 Å². The van der Waals surface area contributed by atoms with Crippen LogP contribution in [0.1, 0.15) is 29.2 Å². The van der Waals surface area contributed by atoms with E-state index < -0.39 is 11.7 Å². The van der Waals surface area contributed by atoms with E-state index in [4.69, 9.17) is 9.47 Å². The molecule has 0 bridgehead atoms. The van der Waals surface area contributed by atoms with Crippen LogP contribution in [0.2, 0.25) is 0 Å². The van der Waals surface area contributed by atoms with Crippen LogP contribution in [-0.4, -0.2) is 74.6 Å². The number of urea groups is 1. The summed E-state index contributed by atoms with van der Waals surface area (Å²) in [5.74, 6) is 1.49. The maximum absolute atomic E-state index is 14.3. The minimum Gasteiger partial charge on any atom is -0.493 e. The maximum atomic E-state index is 14.3. The van der Waals surface area contributed by atoms with E-state index in [-0.39, 0.29) is 5.91 Å². The second-order valence-electron chi connectivity index (χ2n) is 9.63. The van der Waals surface area contributed by atoms with Crippen molar-refractivity contribution in [1.29, 1.82) is 0 Å². The number of amidine groups is 1. The second kappa shape index (κ2) is 8.51. The quantitative estimate of drug-likeness (QED) is 0.649. The van der Waals surface area contributed by atoms with Crippen molar-refractivity contribution in [1.82, 2.24) is 9.80 Å². The summed E-state index contributed by atoms with van der Waals surface area (Å²) in [5.41, 5.74) is 5.13. The molecule has 2 aromatic carbocycles. The van der Waals surface area contributed by atoms with Gasteiger partial charge in [-0.05, 0) is 73.7 Å². The lowest BCUT2D eigenvalue weighted by Gasteiger charge is -2.58. The number of imide groups is 1. The number of aryl methyl sites for hydroxylation is 2. The first-order valence-corrected chi connectivity index (χ1v) is 12.2. The number of hydrogen-bond acceptors (Lipinski definition) is 7. The number of fused-ring (bicyclic) bond motifs is 3. The number of ether oxygens (including phenoxy) is 2. The zero-order chi connectivity index (χ0) is 25.9. The highest BCUT2D eigenvalue weighted by molar-refractivity contribution is 6.30. The highest BCUT2D eigenvalue weighted by atomic mass is 16.5. The summed E-state index contributed by atoms with van der Waals surface area (Å²) in [4.78, 5) is 39.0. The standard InChI is InChI=1S/C27H33N5O4/c1-8-32-21-12-17(3)16(2)11-20(21)29(4)24-27(32,25(33)30(5)26(34)28-24)31-10-9-18-13-22(35-6)23(36-7)14-19(18)15-31/h11-14H,8-10,15H2,1-7H3. The lowest BCUT2D eigenvalue weighted by molar-refractivity contribution is -0.137. The van der Waals surface area contributed by atoms with Crippen LogP contribution < -0.4 is 19.3 Å². The average molecular weight is 492 g/mol. The van der Waals surface area contributed by atoms with E-state index in [0.717, 1.165) is 44.9 Å². The molecule has 3 amide bonds. The van der Waals surface area contributed by atoms with Crippen molar-refractivity contribution in [3.8, 4) is 11.5 Å². The summed E-state index contributed by atoms with van der Waals surface area (Å²) in [5, 5.41) is 0. The van der Waals surface area contributed by atoms with Gasteiger partial charge in [0.2, 0.25) is 5.66 Å². The minimum atomic E-state index is -1.26. The van der Waals surface area contributed by atoms with Gasteiger partial charge in [0.15, 0.2) is 17.3 Å². The van der Waals surface area contributed by atoms with Crippen LogP contribution >= 0.6 is 0 Å². The Morgan fingerprint density at radius 2 is 1.53 bits per heavy atom. The Kier molecular flexibility index (Phi) is 5.70. The van der Waals surface area contributed by atoms with Crippen molar-refractivity contribution < 1.29 is 19.1 Å². The first kappa shape index (κ1) is 24.1. The summed E-state index contributed by atoms with van der Waals surface area (Å²) < 4.78 is 11.1. The van der Waals surface area contributed by atoms with E-state index >= 15 is 0 Å². The van der Waals surface area contributed by atoms with Crippen molar-refractivity contribution >= 4 is 29.1 Å². The zero-order valence-electron chi connectivity index (χ0n) is 22.0. The topological polar surface area (TPSA) is 77.9 Å². The van der Waals surface area contributed by atoms with E-state index in [0.29, 0.717) is 37.0 Å². The molecule has 3 heterocycles. The number of aliphatic imine (C=N–C) groups is 1. The average Bonchev–Trinajstić information content (AvgIpc) is 2.88. The molecule has 0 aromatic heterocycles. The molecule has 0 saturated heterocycles. The van der Waals surface area contributed by atoms with Crippen molar-refractivity contribution in [2.45, 2.75) is 39.4 Å². The van der Waals surface area contributed by atoms with Gasteiger partial charge in [0, 0.05) is 33.7 Å². The second-order valence-corrected chi connectivity index (χ2v) is 9.63. The van der Waals surface area contributed by atoms with Gasteiger partial charge in [-0.1, -0.05) is 0 Å². The highest BCUT2D eigenvalue weighted by Gasteiger charge is 2.62. The van der Waals surface area contributed by atoms with Gasteiger partial charge in [-0.15, -0.1) is 0 Å². The third kappa shape index (κ3) is 3.15. The van der Waals surface area contributed by atoms with Crippen LogP contribution in [-0.2, 0) is 17.8 Å². The molecule has 0 radical (unpaired) electrons. The summed E-state index contributed by atoms with van der Waals surface area (Å²) in [6, 6.07) is 7.70. The molecule has 0 N–H and O–H groups in total. The van der Waals surface area contributed by atoms with Crippen molar-refractivity contribution in [2.75, 3.05) is 51.2 Å². The van der Waals surface area contributed by atoms with Crippen LogP contribution in [0.25, 0.3) is 0 Å². The van der Waals surface area contributed by atoms with Crippen LogP contribution in [0.4, 0.5) is 16.2 Å². The Bertz CT molecular complexity index is 1310. The Morgan fingerprint density at radius 1 is 0.917 bits per heavy atom. The van der Waals surface area contributed by atoms with Crippen molar-refractivity contribution in [3.63, 3.8) is 0 Å². The predicted molar refractivity (Wildman–Crippen MR) is 139 cm³/mol. The van der Waals surface area contributed by atoms with Gasteiger partial charge in [-0.25, -0.2) is 4.79 Å². The summed E-state index contributed by atoms with van der Waals surface area (Å²) in [6.07, 6.45) is 0.719. The fourth-order valence-corrected chi connectivity index (χ4v) is 5.77. The highest BCUT2D eigenvalue weighted by Crippen LogP contribution is 2.47. The molecule has 0 spiro atoms. The summed E-state index contributed by atoms with van der Waals surface area (Å²) in [6.45, 7) is 7.85. The molecule has 2 aromatic rings. The first-order valence-electron chi connectivity index (χ1n) is 12.2. The van der Waals surface area contributed by atoms with E-state index in [9.17, 15) is 9.59 Å². The Balaban J connectivity index is 1.73. The van der Waals surface area contributed by atoms with Crippen molar-refractivity contribution in [2.24, 2.45) is 4.99 Å². The molecule has 36 heavy (non-hydrogen) atoms.